The Labute approximate surface area is 119 Å². The molecule has 2 aliphatic rings. The second-order valence-corrected chi connectivity index (χ2v) is 6.89. The lowest BCUT2D eigenvalue weighted by molar-refractivity contribution is 0.132. The Bertz CT molecular complexity index is 242. The molecule has 2 unspecified atom stereocenters. The van der Waals surface area contributed by atoms with Gasteiger partial charge in [0.15, 0.2) is 0 Å². The lowest BCUT2D eigenvalue weighted by Crippen LogP contribution is -2.43. The van der Waals surface area contributed by atoms with E-state index in [1.54, 1.807) is 0 Å². The standard InChI is InChI=1S/C16H33N3/c1-14(15-5-4-9-17-13-15)6-12-19(3)16-7-10-18(2)11-8-16/h14-17H,4-13H2,1-3H3. The monoisotopic (exact) mass is 267 g/mol. The molecule has 2 aliphatic heterocycles. The van der Waals surface area contributed by atoms with Crippen LogP contribution in [0.1, 0.15) is 39.0 Å². The van der Waals surface area contributed by atoms with Crippen molar-refractivity contribution in [3.05, 3.63) is 0 Å². The summed E-state index contributed by atoms with van der Waals surface area (Å²) in [5.74, 6) is 1.79. The smallest absolute Gasteiger partial charge is 0.0117 e. The van der Waals surface area contributed by atoms with Crippen LogP contribution in [-0.4, -0.2) is 62.7 Å². The van der Waals surface area contributed by atoms with Gasteiger partial charge in [0.1, 0.15) is 0 Å². The van der Waals surface area contributed by atoms with Gasteiger partial charge in [-0.05, 0) is 90.8 Å². The van der Waals surface area contributed by atoms with Gasteiger partial charge >= 0.3 is 0 Å². The van der Waals surface area contributed by atoms with Crippen LogP contribution in [0.15, 0.2) is 0 Å². The summed E-state index contributed by atoms with van der Waals surface area (Å²) in [6.07, 6.45) is 6.89. The summed E-state index contributed by atoms with van der Waals surface area (Å²) < 4.78 is 0. The molecule has 1 N–H and O–H groups in total. The molecule has 2 atom stereocenters. The topological polar surface area (TPSA) is 18.5 Å². The van der Waals surface area contributed by atoms with Gasteiger partial charge in [-0.3, -0.25) is 0 Å². The third-order valence-electron chi connectivity index (χ3n) is 5.39. The number of rotatable bonds is 5. The fraction of sp³-hybridized carbons (Fsp3) is 1.00. The van der Waals surface area contributed by atoms with Crippen molar-refractivity contribution < 1.29 is 0 Å². The van der Waals surface area contributed by atoms with Crippen LogP contribution in [0.2, 0.25) is 0 Å². The summed E-state index contributed by atoms with van der Waals surface area (Å²) in [6, 6.07) is 0.827. The first-order valence-electron chi connectivity index (χ1n) is 8.26. The summed E-state index contributed by atoms with van der Waals surface area (Å²) in [7, 11) is 4.58. The minimum Gasteiger partial charge on any atom is -0.316 e. The highest BCUT2D eigenvalue weighted by molar-refractivity contribution is 4.79. The summed E-state index contributed by atoms with van der Waals surface area (Å²) in [5.41, 5.74) is 0. The van der Waals surface area contributed by atoms with Crippen molar-refractivity contribution in [2.75, 3.05) is 46.8 Å². The Hall–Kier alpha value is -0.120. The molecule has 3 nitrogen and oxygen atoms in total. The predicted molar refractivity (Wildman–Crippen MR) is 82.5 cm³/mol. The van der Waals surface area contributed by atoms with E-state index in [1.165, 1.54) is 64.8 Å². The number of hydrogen-bond donors (Lipinski definition) is 1. The van der Waals surface area contributed by atoms with Crippen molar-refractivity contribution in [1.82, 2.24) is 15.1 Å². The average molecular weight is 267 g/mol. The zero-order chi connectivity index (χ0) is 13.7. The van der Waals surface area contributed by atoms with E-state index in [4.69, 9.17) is 0 Å². The van der Waals surface area contributed by atoms with Crippen molar-refractivity contribution in [2.24, 2.45) is 11.8 Å². The minimum absolute atomic E-state index is 0.827. The molecule has 2 heterocycles. The van der Waals surface area contributed by atoms with Crippen molar-refractivity contribution >= 4 is 0 Å². The Morgan fingerprint density at radius 2 is 2.00 bits per heavy atom. The van der Waals surface area contributed by atoms with Gasteiger partial charge in [-0.25, -0.2) is 0 Å². The molecule has 0 aromatic carbocycles. The Balaban J connectivity index is 1.66. The maximum Gasteiger partial charge on any atom is 0.0117 e. The second-order valence-electron chi connectivity index (χ2n) is 6.89. The van der Waals surface area contributed by atoms with E-state index >= 15 is 0 Å². The largest absolute Gasteiger partial charge is 0.316 e. The van der Waals surface area contributed by atoms with Gasteiger partial charge < -0.3 is 15.1 Å². The zero-order valence-corrected chi connectivity index (χ0v) is 13.2. The van der Waals surface area contributed by atoms with Crippen LogP contribution in [0.25, 0.3) is 0 Å². The van der Waals surface area contributed by atoms with Crippen molar-refractivity contribution in [3.8, 4) is 0 Å². The molecule has 19 heavy (non-hydrogen) atoms. The van der Waals surface area contributed by atoms with Crippen LogP contribution in [0.5, 0.6) is 0 Å². The van der Waals surface area contributed by atoms with Crippen LogP contribution in [0.3, 0.4) is 0 Å². The molecule has 2 saturated heterocycles. The van der Waals surface area contributed by atoms with E-state index in [2.05, 4.69) is 36.1 Å². The Morgan fingerprint density at radius 3 is 2.63 bits per heavy atom. The number of likely N-dealkylation sites (tertiary alicyclic amines) is 1. The van der Waals surface area contributed by atoms with Gasteiger partial charge in [-0.2, -0.15) is 0 Å². The molecule has 112 valence electrons. The van der Waals surface area contributed by atoms with Gasteiger partial charge in [-0.15, -0.1) is 0 Å². The molecule has 0 bridgehead atoms. The summed E-state index contributed by atoms with van der Waals surface area (Å²) >= 11 is 0. The first kappa shape index (κ1) is 15.3. The first-order valence-corrected chi connectivity index (χ1v) is 8.26. The van der Waals surface area contributed by atoms with E-state index < -0.39 is 0 Å². The molecule has 3 heteroatoms. The van der Waals surface area contributed by atoms with Gasteiger partial charge in [0.05, 0.1) is 0 Å². The molecule has 0 aromatic rings. The van der Waals surface area contributed by atoms with Crippen molar-refractivity contribution in [2.45, 2.75) is 45.1 Å². The number of nitrogens with one attached hydrogen (secondary N) is 1. The summed E-state index contributed by atoms with van der Waals surface area (Å²) in [5, 5.41) is 3.55. The average Bonchev–Trinajstić information content (AvgIpc) is 2.46. The van der Waals surface area contributed by atoms with E-state index in [0.29, 0.717) is 0 Å². The van der Waals surface area contributed by atoms with Crippen LogP contribution in [0, 0.1) is 11.8 Å². The quantitative estimate of drug-likeness (QED) is 0.822. The highest BCUT2D eigenvalue weighted by atomic mass is 15.2. The van der Waals surface area contributed by atoms with Crippen LogP contribution in [-0.2, 0) is 0 Å². The fourth-order valence-electron chi connectivity index (χ4n) is 3.63. The van der Waals surface area contributed by atoms with Gasteiger partial charge in [0.2, 0.25) is 0 Å². The highest BCUT2D eigenvalue weighted by Crippen LogP contribution is 2.23. The van der Waals surface area contributed by atoms with E-state index in [-0.39, 0.29) is 0 Å². The zero-order valence-electron chi connectivity index (χ0n) is 13.2. The first-order chi connectivity index (χ1) is 9.16. The van der Waals surface area contributed by atoms with Crippen molar-refractivity contribution in [3.63, 3.8) is 0 Å². The normalized spacial score (nSPS) is 28.7. The molecule has 0 aromatic heterocycles. The van der Waals surface area contributed by atoms with Crippen LogP contribution in [0.4, 0.5) is 0 Å². The predicted octanol–water partition coefficient (Wildman–Crippen LogP) is 2.04. The molecular weight excluding hydrogens is 234 g/mol. The van der Waals surface area contributed by atoms with Gasteiger partial charge in [0.25, 0.3) is 0 Å². The second kappa shape index (κ2) is 7.61. The molecule has 0 aliphatic carbocycles. The maximum atomic E-state index is 3.55. The van der Waals surface area contributed by atoms with Crippen molar-refractivity contribution in [1.29, 1.82) is 0 Å². The summed E-state index contributed by atoms with van der Waals surface area (Å²) in [4.78, 5) is 5.08. The minimum atomic E-state index is 0.827. The number of hydrogen-bond acceptors (Lipinski definition) is 3. The molecule has 0 radical (unpaired) electrons. The molecular formula is C16H33N3. The lowest BCUT2D eigenvalue weighted by atomic mass is 9.85. The molecule has 0 spiro atoms. The van der Waals surface area contributed by atoms with Gasteiger partial charge in [0, 0.05) is 6.04 Å². The third-order valence-corrected chi connectivity index (χ3v) is 5.39. The Morgan fingerprint density at radius 1 is 1.26 bits per heavy atom. The maximum absolute atomic E-state index is 3.55. The Kier molecular flexibility index (Phi) is 6.11. The third kappa shape index (κ3) is 4.73. The van der Waals surface area contributed by atoms with Crippen LogP contribution >= 0.6 is 0 Å². The molecule has 0 amide bonds. The number of nitrogens with zero attached hydrogens (tertiary/aromatic N) is 2. The van der Waals surface area contributed by atoms with E-state index in [0.717, 1.165) is 17.9 Å². The summed E-state index contributed by atoms with van der Waals surface area (Å²) in [6.45, 7) is 8.78. The van der Waals surface area contributed by atoms with Gasteiger partial charge in [-0.1, -0.05) is 6.92 Å². The number of piperidine rings is 2. The molecule has 2 fully saturated rings. The van der Waals surface area contributed by atoms with E-state index in [1.807, 2.05) is 0 Å². The van der Waals surface area contributed by atoms with E-state index in [9.17, 15) is 0 Å². The molecule has 2 rings (SSSR count). The fourth-order valence-corrected chi connectivity index (χ4v) is 3.63. The molecule has 0 saturated carbocycles. The SMILES string of the molecule is CC(CCN(C)C1CCN(C)CC1)C1CCCNC1. The highest BCUT2D eigenvalue weighted by Gasteiger charge is 2.23. The van der Waals surface area contributed by atoms with Crippen LogP contribution < -0.4 is 5.32 Å². The lowest BCUT2D eigenvalue weighted by Gasteiger charge is -2.36.